The van der Waals surface area contributed by atoms with Crippen molar-refractivity contribution < 1.29 is 5.11 Å². The van der Waals surface area contributed by atoms with Crippen LogP contribution < -0.4 is 0 Å². The molecule has 0 saturated heterocycles. The van der Waals surface area contributed by atoms with Crippen LogP contribution in [-0.4, -0.2) is 21.4 Å². The minimum atomic E-state index is -0.750. The number of nitrogens with zero attached hydrogens (tertiary/aromatic N) is 2. The number of aliphatic hydroxyl groups is 1. The number of aromatic nitrogens is 1. The quantitative estimate of drug-likeness (QED) is 0.780. The average Bonchev–Trinajstić information content (AvgIpc) is 3.10. The van der Waals surface area contributed by atoms with Gasteiger partial charge < -0.3 is 5.11 Å². The normalized spacial score (nSPS) is 37.7. The lowest BCUT2D eigenvalue weighted by atomic mass is 9.44. The number of hydrogen-bond acceptors (Lipinski definition) is 4. The van der Waals surface area contributed by atoms with Gasteiger partial charge >= 0.3 is 0 Å². The van der Waals surface area contributed by atoms with Crippen molar-refractivity contribution in [1.82, 2.24) is 4.98 Å². The van der Waals surface area contributed by atoms with E-state index < -0.39 is 5.60 Å². The monoisotopic (exact) mass is 360 g/mol. The first-order chi connectivity index (χ1) is 11.9. The highest BCUT2D eigenvalue weighted by molar-refractivity contribution is 7.09. The second kappa shape index (κ2) is 6.45. The van der Waals surface area contributed by atoms with E-state index in [-0.39, 0.29) is 11.5 Å². The summed E-state index contributed by atoms with van der Waals surface area (Å²) in [5.74, 6) is 1.80. The van der Waals surface area contributed by atoms with Crippen molar-refractivity contribution in [2.24, 2.45) is 28.2 Å². The van der Waals surface area contributed by atoms with E-state index in [1.54, 1.807) is 11.3 Å². The highest BCUT2D eigenvalue weighted by Gasteiger charge is 2.61. The minimum Gasteiger partial charge on any atom is -0.384 e. The summed E-state index contributed by atoms with van der Waals surface area (Å²) >= 11 is 1.72. The van der Waals surface area contributed by atoms with E-state index in [1.807, 2.05) is 13.1 Å². The van der Waals surface area contributed by atoms with Crippen molar-refractivity contribution in [3.8, 4) is 0 Å². The molecule has 0 aromatic carbocycles. The summed E-state index contributed by atoms with van der Waals surface area (Å²) in [5, 5.41) is 14.5. The van der Waals surface area contributed by atoms with Crippen molar-refractivity contribution in [2.75, 3.05) is 0 Å². The van der Waals surface area contributed by atoms with Crippen LogP contribution >= 0.6 is 11.3 Å². The molecule has 0 unspecified atom stereocenters. The largest absolute Gasteiger partial charge is 0.384 e. The maximum atomic E-state index is 11.3. The van der Waals surface area contributed by atoms with Gasteiger partial charge in [-0.05, 0) is 49.4 Å². The molecule has 4 saturated carbocycles. The first kappa shape index (κ1) is 17.7. The lowest BCUT2D eigenvalue weighted by Crippen LogP contribution is -2.64. The second-order valence-corrected chi connectivity index (χ2v) is 10.3. The summed E-state index contributed by atoms with van der Waals surface area (Å²) in [6.45, 7) is 6.64. The van der Waals surface area contributed by atoms with Crippen LogP contribution in [0.2, 0.25) is 0 Å². The van der Waals surface area contributed by atoms with Crippen molar-refractivity contribution >= 4 is 17.0 Å². The molecule has 1 aromatic heterocycles. The Balaban J connectivity index is 1.58. The summed E-state index contributed by atoms with van der Waals surface area (Å²) < 4.78 is 0. The fourth-order valence-corrected chi connectivity index (χ4v) is 6.36. The van der Waals surface area contributed by atoms with Gasteiger partial charge in [0, 0.05) is 17.3 Å². The molecule has 1 heterocycles. The summed E-state index contributed by atoms with van der Waals surface area (Å²) in [4.78, 5) is 9.77. The molecule has 1 aromatic rings. The van der Waals surface area contributed by atoms with E-state index in [1.165, 1.54) is 32.1 Å². The van der Waals surface area contributed by atoms with E-state index in [0.717, 1.165) is 35.9 Å². The van der Waals surface area contributed by atoms with Crippen LogP contribution in [0.5, 0.6) is 0 Å². The predicted octanol–water partition coefficient (Wildman–Crippen LogP) is 5.41. The number of rotatable bonds is 4. The lowest BCUT2D eigenvalue weighted by molar-refractivity contribution is -0.134. The average molecular weight is 361 g/mol. The van der Waals surface area contributed by atoms with Gasteiger partial charge in [-0.1, -0.05) is 46.0 Å². The molecule has 4 atom stereocenters. The van der Waals surface area contributed by atoms with Crippen LogP contribution in [0.3, 0.4) is 0 Å². The number of thiazole rings is 1. The molecule has 0 amide bonds. The molecule has 4 fully saturated rings. The summed E-state index contributed by atoms with van der Waals surface area (Å²) in [6, 6.07) is 0.144. The first-order valence-corrected chi connectivity index (χ1v) is 11.0. The fourth-order valence-electron chi connectivity index (χ4n) is 5.68. The Hall–Kier alpha value is -0.740. The van der Waals surface area contributed by atoms with Crippen molar-refractivity contribution in [3.63, 3.8) is 0 Å². The number of aliphatic imine (C=N–C) groups is 1. The molecule has 0 aliphatic heterocycles. The molecular formula is C21H32N2OS. The molecule has 0 radical (unpaired) electrons. The van der Waals surface area contributed by atoms with Crippen LogP contribution in [0.25, 0.3) is 0 Å². The van der Waals surface area contributed by atoms with Gasteiger partial charge in [0.25, 0.3) is 0 Å². The van der Waals surface area contributed by atoms with E-state index in [9.17, 15) is 5.11 Å². The van der Waals surface area contributed by atoms with Gasteiger partial charge in [0.2, 0.25) is 0 Å². The van der Waals surface area contributed by atoms with Crippen molar-refractivity contribution in [1.29, 1.82) is 0 Å². The lowest BCUT2D eigenvalue weighted by Gasteiger charge is -2.62. The fraction of sp³-hybridized carbons (Fsp3) is 0.810. The zero-order chi connectivity index (χ0) is 17.7. The molecular weight excluding hydrogens is 328 g/mol. The SMILES string of the molecule is CC1(C)[C@@H]2CC(=N[C@H](CC3CCCCC3)c3nccs3)[C@@](C)(O)[C@H]1C2. The van der Waals surface area contributed by atoms with Gasteiger partial charge in [-0.3, -0.25) is 4.99 Å². The third kappa shape index (κ3) is 3.10. The molecule has 4 aliphatic carbocycles. The van der Waals surface area contributed by atoms with Gasteiger partial charge in [0.15, 0.2) is 0 Å². The summed E-state index contributed by atoms with van der Waals surface area (Å²) in [6.07, 6.45) is 11.9. The van der Waals surface area contributed by atoms with Gasteiger partial charge in [0.05, 0.1) is 0 Å². The van der Waals surface area contributed by atoms with Gasteiger partial charge in [-0.15, -0.1) is 11.3 Å². The van der Waals surface area contributed by atoms with E-state index in [0.29, 0.717) is 11.8 Å². The molecule has 2 bridgehead atoms. The molecule has 3 nitrogen and oxygen atoms in total. The third-order valence-corrected chi connectivity index (χ3v) is 8.38. The van der Waals surface area contributed by atoms with Crippen LogP contribution in [-0.2, 0) is 0 Å². The molecule has 4 aliphatic rings. The Morgan fingerprint density at radius 1 is 1.28 bits per heavy atom. The molecule has 0 spiro atoms. The van der Waals surface area contributed by atoms with Crippen LogP contribution in [0.4, 0.5) is 0 Å². The van der Waals surface area contributed by atoms with E-state index in [2.05, 4.69) is 24.2 Å². The van der Waals surface area contributed by atoms with Crippen molar-refractivity contribution in [3.05, 3.63) is 16.6 Å². The van der Waals surface area contributed by atoms with Gasteiger partial charge in [-0.25, -0.2) is 4.98 Å². The van der Waals surface area contributed by atoms with Crippen LogP contribution in [0, 0.1) is 23.2 Å². The first-order valence-electron chi connectivity index (χ1n) is 10.1. The Morgan fingerprint density at radius 2 is 2.04 bits per heavy atom. The molecule has 4 heteroatoms. The topological polar surface area (TPSA) is 45.5 Å². The molecule has 1 N–H and O–H groups in total. The second-order valence-electron chi connectivity index (χ2n) is 9.36. The Bertz CT molecular complexity index is 628. The number of hydrogen-bond donors (Lipinski definition) is 1. The molecule has 5 rings (SSSR count). The standard InChI is InChI=1S/C21H32N2OS/c1-20(2)15-12-17(20)21(3,24)18(13-15)23-16(19-22-9-10-25-19)11-14-7-5-4-6-8-14/h9-10,14-17,24H,4-8,11-13H2,1-3H3/t15-,16+,17-,21-/m0/s1. The van der Waals surface area contributed by atoms with E-state index >= 15 is 0 Å². The van der Waals surface area contributed by atoms with E-state index in [4.69, 9.17) is 4.99 Å². The van der Waals surface area contributed by atoms with Crippen LogP contribution in [0.1, 0.15) is 83.2 Å². The molecule has 25 heavy (non-hydrogen) atoms. The van der Waals surface area contributed by atoms with Crippen LogP contribution in [0.15, 0.2) is 16.6 Å². The zero-order valence-corrected chi connectivity index (χ0v) is 16.7. The third-order valence-electron chi connectivity index (χ3n) is 7.50. The van der Waals surface area contributed by atoms with Gasteiger partial charge in [0.1, 0.15) is 16.7 Å². The highest BCUT2D eigenvalue weighted by atomic mass is 32.1. The number of fused-ring (bicyclic) bond motifs is 2. The Morgan fingerprint density at radius 3 is 2.64 bits per heavy atom. The highest BCUT2D eigenvalue weighted by Crippen LogP contribution is 2.62. The van der Waals surface area contributed by atoms with Gasteiger partial charge in [-0.2, -0.15) is 0 Å². The maximum absolute atomic E-state index is 11.3. The Labute approximate surface area is 156 Å². The Kier molecular flexibility index (Phi) is 4.56. The summed E-state index contributed by atoms with van der Waals surface area (Å²) in [5.41, 5.74) is 0.548. The zero-order valence-electron chi connectivity index (χ0n) is 15.9. The molecule has 138 valence electrons. The minimum absolute atomic E-state index is 0.144. The maximum Gasteiger partial charge on any atom is 0.117 e. The van der Waals surface area contributed by atoms with Crippen molar-refractivity contribution in [2.45, 2.75) is 83.8 Å². The smallest absolute Gasteiger partial charge is 0.117 e. The summed E-state index contributed by atoms with van der Waals surface area (Å²) in [7, 11) is 0. The predicted molar refractivity (Wildman–Crippen MR) is 104 cm³/mol.